The summed E-state index contributed by atoms with van der Waals surface area (Å²) < 4.78 is 25.2. The minimum atomic E-state index is -4.00. The van der Waals surface area contributed by atoms with Gasteiger partial charge in [-0.15, -0.1) is 0 Å². The van der Waals surface area contributed by atoms with Crippen LogP contribution in [0.2, 0.25) is 5.15 Å². The maximum atomic E-state index is 12.6. The predicted octanol–water partition coefficient (Wildman–Crippen LogP) is 7.78. The lowest BCUT2D eigenvalue weighted by Gasteiger charge is -2.21. The Kier molecular flexibility index (Phi) is 8.17. The number of hydrogen-bond acceptors (Lipinski definition) is 5. The zero-order chi connectivity index (χ0) is 28.3. The number of aromatic nitrogens is 2. The second-order valence-electron chi connectivity index (χ2n) is 9.81. The fourth-order valence-electron chi connectivity index (χ4n) is 4.99. The second kappa shape index (κ2) is 11.8. The van der Waals surface area contributed by atoms with Crippen molar-refractivity contribution in [3.05, 3.63) is 108 Å². The molecule has 0 radical (unpaired) electrons. The number of primary sulfonamides is 1. The van der Waals surface area contributed by atoms with E-state index in [0.29, 0.717) is 29.1 Å². The fourth-order valence-corrected chi connectivity index (χ4v) is 6.06. The summed E-state index contributed by atoms with van der Waals surface area (Å²) in [6.07, 6.45) is 3.90. The Morgan fingerprint density at radius 1 is 0.950 bits per heavy atom. The molecule has 0 bridgehead atoms. The van der Waals surface area contributed by atoms with Gasteiger partial charge in [0.2, 0.25) is 10.0 Å². The van der Waals surface area contributed by atoms with Gasteiger partial charge in [0, 0.05) is 28.8 Å². The molecule has 0 aliphatic carbocycles. The fraction of sp³-hybridized carbons (Fsp3) is 0.188. The Labute approximate surface area is 240 Å². The highest BCUT2D eigenvalue weighted by atomic mass is 35.5. The molecular weight excluding hydrogens is 540 g/mol. The summed E-state index contributed by atoms with van der Waals surface area (Å²) in [5.74, 6) is 0.638. The van der Waals surface area contributed by atoms with Gasteiger partial charge in [-0.3, -0.25) is 4.98 Å². The van der Waals surface area contributed by atoms with Gasteiger partial charge in [-0.1, -0.05) is 104 Å². The molecule has 1 atom stereocenters. The first-order chi connectivity index (χ1) is 19.3. The number of benzene rings is 3. The topological polar surface area (TPSA) is 98.0 Å². The van der Waals surface area contributed by atoms with E-state index in [4.69, 9.17) is 21.7 Å². The number of anilines is 1. The third-order valence-corrected chi connectivity index (χ3v) is 8.26. The molecule has 5 rings (SSSR count). The molecule has 204 valence electrons. The Morgan fingerprint density at radius 3 is 2.33 bits per heavy atom. The maximum Gasteiger partial charge on any atom is 0.239 e. The van der Waals surface area contributed by atoms with E-state index in [1.807, 2.05) is 55.5 Å². The lowest BCUT2D eigenvalue weighted by atomic mass is 9.94. The number of pyridine rings is 2. The third-order valence-electron chi connectivity index (χ3n) is 7.02. The van der Waals surface area contributed by atoms with Crippen LogP contribution in [-0.2, 0) is 16.4 Å². The minimum absolute atomic E-state index is 0.0155. The smallest absolute Gasteiger partial charge is 0.239 e. The quantitative estimate of drug-likeness (QED) is 0.176. The van der Waals surface area contributed by atoms with Crippen molar-refractivity contribution in [2.45, 2.75) is 44.0 Å². The van der Waals surface area contributed by atoms with Gasteiger partial charge in [0.1, 0.15) is 15.9 Å². The van der Waals surface area contributed by atoms with Crippen molar-refractivity contribution < 1.29 is 8.42 Å². The molecule has 0 saturated carbocycles. The molecular formula is C32H31ClN4O2S. The number of fused-ring (bicyclic) bond motifs is 1. The molecule has 2 aromatic heterocycles. The first kappa shape index (κ1) is 27.8. The summed E-state index contributed by atoms with van der Waals surface area (Å²) >= 11 is 6.90. The number of hydrogen-bond donors (Lipinski definition) is 2. The molecule has 2 heterocycles. The number of rotatable bonds is 9. The number of halogens is 1. The van der Waals surface area contributed by atoms with E-state index in [2.05, 4.69) is 47.6 Å². The summed E-state index contributed by atoms with van der Waals surface area (Å²) in [6, 6.07) is 27.7. The van der Waals surface area contributed by atoms with Crippen LogP contribution in [-0.4, -0.2) is 18.4 Å². The molecule has 3 N–H and O–H groups in total. The zero-order valence-electron chi connectivity index (χ0n) is 22.4. The van der Waals surface area contributed by atoms with Gasteiger partial charge in [-0.25, -0.2) is 18.5 Å². The van der Waals surface area contributed by atoms with Crippen molar-refractivity contribution in [2.24, 2.45) is 5.14 Å². The Morgan fingerprint density at radius 2 is 1.65 bits per heavy atom. The largest absolute Gasteiger partial charge is 0.363 e. The number of nitrogens with two attached hydrogens (primary N) is 1. The Bertz CT molecular complexity index is 1760. The molecule has 8 heteroatoms. The number of unbranched alkanes of at least 4 members (excludes halogenated alkanes) is 1. The number of nitrogens with zero attached hydrogens (tertiary/aromatic N) is 2. The molecule has 1 unspecified atom stereocenters. The summed E-state index contributed by atoms with van der Waals surface area (Å²) in [7, 11) is -4.00. The number of nitrogens with one attached hydrogen (secondary N) is 1. The number of aryl methyl sites for hydroxylation is 1. The first-order valence-electron chi connectivity index (χ1n) is 13.3. The average molecular weight is 571 g/mol. The molecule has 3 aromatic carbocycles. The Hall–Kier alpha value is -3.78. The standard InChI is InChI=1S/C32H31ClN4O2S/c1-3-4-18-27-28(40(34,38)39)19-24(20-35-27)29-26-17-11-16-25(23-14-9-6-10-15-23)30(26)32(37-31(29)33)36-21(2)22-12-7-5-8-13-22/h5-17,19-21H,3-4,18H2,1-2H3,(H,36,37)(H2,34,38,39). The first-order valence-corrected chi connectivity index (χ1v) is 15.2. The van der Waals surface area contributed by atoms with Crippen molar-refractivity contribution in [2.75, 3.05) is 5.32 Å². The predicted molar refractivity (Wildman–Crippen MR) is 164 cm³/mol. The molecule has 0 aliphatic heterocycles. The van der Waals surface area contributed by atoms with Gasteiger partial charge in [-0.2, -0.15) is 0 Å². The molecule has 0 aliphatic rings. The summed E-state index contributed by atoms with van der Waals surface area (Å²) in [5.41, 5.74) is 4.72. The maximum absolute atomic E-state index is 12.6. The van der Waals surface area contributed by atoms with Crippen LogP contribution < -0.4 is 10.5 Å². The Balaban J connectivity index is 1.76. The average Bonchev–Trinajstić information content (AvgIpc) is 2.96. The lowest BCUT2D eigenvalue weighted by Crippen LogP contribution is -2.16. The second-order valence-corrected chi connectivity index (χ2v) is 11.7. The van der Waals surface area contributed by atoms with E-state index in [1.165, 1.54) is 0 Å². The monoisotopic (exact) mass is 570 g/mol. The summed E-state index contributed by atoms with van der Waals surface area (Å²) in [6.45, 7) is 4.12. The number of sulfonamides is 1. The molecule has 0 fully saturated rings. The van der Waals surface area contributed by atoms with E-state index in [1.54, 1.807) is 12.3 Å². The normalized spacial score (nSPS) is 12.4. The molecule has 6 nitrogen and oxygen atoms in total. The van der Waals surface area contributed by atoms with Crippen LogP contribution in [0.5, 0.6) is 0 Å². The van der Waals surface area contributed by atoms with Crippen LogP contribution >= 0.6 is 11.6 Å². The van der Waals surface area contributed by atoms with Gasteiger partial charge in [0.15, 0.2) is 0 Å². The van der Waals surface area contributed by atoms with Gasteiger partial charge in [0.25, 0.3) is 0 Å². The molecule has 0 amide bonds. The SMILES string of the molecule is CCCCc1ncc(-c2c(Cl)nc(NC(C)c3ccccc3)c3c(-c4ccccc4)cccc23)cc1S(N)(=O)=O. The van der Waals surface area contributed by atoms with Crippen molar-refractivity contribution >= 4 is 38.2 Å². The van der Waals surface area contributed by atoms with Crippen LogP contribution in [0.1, 0.15) is 44.0 Å². The van der Waals surface area contributed by atoms with Gasteiger partial charge in [-0.05, 0) is 47.9 Å². The highest BCUT2D eigenvalue weighted by Crippen LogP contribution is 2.42. The molecule has 5 aromatic rings. The van der Waals surface area contributed by atoms with E-state index in [-0.39, 0.29) is 16.1 Å². The molecule has 0 saturated heterocycles. The van der Waals surface area contributed by atoms with Crippen LogP contribution in [0.15, 0.2) is 96.0 Å². The van der Waals surface area contributed by atoms with Gasteiger partial charge in [0.05, 0.1) is 5.69 Å². The van der Waals surface area contributed by atoms with Crippen LogP contribution in [0.4, 0.5) is 5.82 Å². The van der Waals surface area contributed by atoms with Crippen molar-refractivity contribution in [1.29, 1.82) is 0 Å². The zero-order valence-corrected chi connectivity index (χ0v) is 24.0. The van der Waals surface area contributed by atoms with E-state index in [9.17, 15) is 8.42 Å². The molecule has 40 heavy (non-hydrogen) atoms. The van der Waals surface area contributed by atoms with Crippen LogP contribution in [0, 0.1) is 0 Å². The van der Waals surface area contributed by atoms with E-state index >= 15 is 0 Å². The van der Waals surface area contributed by atoms with Gasteiger partial charge >= 0.3 is 0 Å². The highest BCUT2D eigenvalue weighted by Gasteiger charge is 2.22. The van der Waals surface area contributed by atoms with Crippen LogP contribution in [0.3, 0.4) is 0 Å². The van der Waals surface area contributed by atoms with Gasteiger partial charge < -0.3 is 5.32 Å². The van der Waals surface area contributed by atoms with E-state index in [0.717, 1.165) is 40.3 Å². The molecule has 0 spiro atoms. The van der Waals surface area contributed by atoms with Crippen molar-refractivity contribution in [3.8, 4) is 22.3 Å². The highest BCUT2D eigenvalue weighted by molar-refractivity contribution is 7.89. The third kappa shape index (κ3) is 5.72. The summed E-state index contributed by atoms with van der Waals surface area (Å²) in [4.78, 5) is 9.39. The van der Waals surface area contributed by atoms with Crippen molar-refractivity contribution in [3.63, 3.8) is 0 Å². The lowest BCUT2D eigenvalue weighted by molar-refractivity contribution is 0.595. The van der Waals surface area contributed by atoms with Crippen molar-refractivity contribution in [1.82, 2.24) is 9.97 Å². The van der Waals surface area contributed by atoms with Crippen LogP contribution in [0.25, 0.3) is 33.0 Å². The summed E-state index contributed by atoms with van der Waals surface area (Å²) in [5, 5.41) is 11.2. The van der Waals surface area contributed by atoms with E-state index < -0.39 is 10.0 Å². The minimum Gasteiger partial charge on any atom is -0.363 e.